The van der Waals surface area contributed by atoms with E-state index in [0.717, 1.165) is 6.07 Å². The highest BCUT2D eigenvalue weighted by atomic mass is 35.5. The van der Waals surface area contributed by atoms with Crippen LogP contribution in [0.3, 0.4) is 0 Å². The predicted molar refractivity (Wildman–Crippen MR) is 67.5 cm³/mol. The first kappa shape index (κ1) is 15.4. The topological polar surface area (TPSA) is 52.6 Å². The zero-order valence-corrected chi connectivity index (χ0v) is 11.4. The Balaban J connectivity index is 2.86. The van der Waals surface area contributed by atoms with Gasteiger partial charge < -0.3 is 9.47 Å². The van der Waals surface area contributed by atoms with E-state index < -0.39 is 23.7 Å². The third kappa shape index (κ3) is 3.92. The second-order valence-electron chi connectivity index (χ2n) is 3.68. The van der Waals surface area contributed by atoms with Gasteiger partial charge in [0, 0.05) is 0 Å². The molecule has 1 rings (SSSR count). The van der Waals surface area contributed by atoms with Gasteiger partial charge >= 0.3 is 11.9 Å². The van der Waals surface area contributed by atoms with Gasteiger partial charge in [-0.3, -0.25) is 9.59 Å². The number of benzene rings is 1. The Labute approximate surface area is 115 Å². The molecule has 0 spiro atoms. The fourth-order valence-corrected chi connectivity index (χ4v) is 1.63. The number of ether oxygens (including phenoxy) is 2. The molecule has 4 nitrogen and oxygen atoms in total. The fourth-order valence-electron chi connectivity index (χ4n) is 1.42. The van der Waals surface area contributed by atoms with Gasteiger partial charge in [-0.1, -0.05) is 24.6 Å². The molecule has 0 aliphatic rings. The second kappa shape index (κ2) is 7.09. The molecule has 0 saturated carbocycles. The van der Waals surface area contributed by atoms with Crippen molar-refractivity contribution >= 4 is 23.5 Å². The number of hydrogen-bond donors (Lipinski definition) is 0. The number of esters is 2. The molecule has 6 heteroatoms. The Kier molecular flexibility index (Phi) is 5.76. The van der Waals surface area contributed by atoms with Crippen molar-refractivity contribution in [1.82, 2.24) is 0 Å². The van der Waals surface area contributed by atoms with Gasteiger partial charge in [0.05, 0.1) is 11.6 Å². The van der Waals surface area contributed by atoms with Crippen molar-refractivity contribution in [2.24, 2.45) is 5.92 Å². The molecule has 0 aliphatic carbocycles. The lowest BCUT2D eigenvalue weighted by Gasteiger charge is -2.13. The summed E-state index contributed by atoms with van der Waals surface area (Å²) in [5, 5.41) is -0.0351. The van der Waals surface area contributed by atoms with E-state index in [9.17, 15) is 14.0 Å². The largest absolute Gasteiger partial charge is 0.465 e. The second-order valence-corrected chi connectivity index (χ2v) is 4.09. The van der Waals surface area contributed by atoms with E-state index in [1.165, 1.54) is 12.1 Å². The molecule has 0 aliphatic heterocycles. The van der Waals surface area contributed by atoms with Crippen molar-refractivity contribution < 1.29 is 23.5 Å². The van der Waals surface area contributed by atoms with Gasteiger partial charge in [0.15, 0.2) is 17.5 Å². The Bertz CT molecular complexity index is 455. The Hall–Kier alpha value is -1.62. The normalized spacial score (nSPS) is 11.8. The molecule has 0 fully saturated rings. The third-order valence-corrected chi connectivity index (χ3v) is 2.68. The maximum Gasteiger partial charge on any atom is 0.325 e. The zero-order chi connectivity index (χ0) is 14.4. The molecule has 0 radical (unpaired) electrons. The SMILES string of the molecule is CCOC(=O)C(CC)C(=O)Oc1c(F)cccc1Cl. The minimum absolute atomic E-state index is 0.0351. The maximum atomic E-state index is 13.4. The van der Waals surface area contributed by atoms with Crippen LogP contribution < -0.4 is 4.74 Å². The van der Waals surface area contributed by atoms with Crippen LogP contribution in [0.25, 0.3) is 0 Å². The van der Waals surface area contributed by atoms with Gasteiger partial charge in [-0.25, -0.2) is 4.39 Å². The lowest BCUT2D eigenvalue weighted by atomic mass is 10.1. The van der Waals surface area contributed by atoms with Gasteiger partial charge in [-0.15, -0.1) is 0 Å². The van der Waals surface area contributed by atoms with Crippen LogP contribution in [0.4, 0.5) is 4.39 Å². The molecule has 19 heavy (non-hydrogen) atoms. The molecule has 104 valence electrons. The first-order valence-electron chi connectivity index (χ1n) is 5.83. The quantitative estimate of drug-likeness (QED) is 0.475. The number of para-hydroxylation sites is 1. The zero-order valence-electron chi connectivity index (χ0n) is 10.6. The van der Waals surface area contributed by atoms with Crippen LogP contribution in [0.15, 0.2) is 18.2 Å². The van der Waals surface area contributed by atoms with Crippen LogP contribution in [0.1, 0.15) is 20.3 Å². The molecule has 0 amide bonds. The molecule has 0 N–H and O–H groups in total. The van der Waals surface area contributed by atoms with Crippen molar-refractivity contribution in [3.63, 3.8) is 0 Å². The highest BCUT2D eigenvalue weighted by molar-refractivity contribution is 6.32. The van der Waals surface area contributed by atoms with Crippen LogP contribution in [-0.2, 0) is 14.3 Å². The summed E-state index contributed by atoms with van der Waals surface area (Å²) < 4.78 is 23.0. The summed E-state index contributed by atoms with van der Waals surface area (Å²) in [5.74, 6) is -3.80. The summed E-state index contributed by atoms with van der Waals surface area (Å²) >= 11 is 5.73. The lowest BCUT2D eigenvalue weighted by Crippen LogP contribution is -2.29. The Morgan fingerprint density at radius 2 is 2.00 bits per heavy atom. The summed E-state index contributed by atoms with van der Waals surface area (Å²) in [4.78, 5) is 23.3. The van der Waals surface area contributed by atoms with Gasteiger partial charge in [0.25, 0.3) is 0 Å². The monoisotopic (exact) mass is 288 g/mol. The van der Waals surface area contributed by atoms with E-state index in [0.29, 0.717) is 0 Å². The highest BCUT2D eigenvalue weighted by Crippen LogP contribution is 2.28. The number of carbonyl (C=O) groups is 2. The van der Waals surface area contributed by atoms with Crippen molar-refractivity contribution in [2.45, 2.75) is 20.3 Å². The Morgan fingerprint density at radius 3 is 2.53 bits per heavy atom. The molecular formula is C13H14ClFO4. The van der Waals surface area contributed by atoms with Gasteiger partial charge in [-0.05, 0) is 25.5 Å². The van der Waals surface area contributed by atoms with Crippen LogP contribution in [-0.4, -0.2) is 18.5 Å². The molecular weight excluding hydrogens is 275 g/mol. The molecule has 0 heterocycles. The molecule has 1 atom stereocenters. The predicted octanol–water partition coefficient (Wildman–Crippen LogP) is 2.97. The molecule has 1 unspecified atom stereocenters. The first-order valence-corrected chi connectivity index (χ1v) is 6.21. The average Bonchev–Trinajstić information content (AvgIpc) is 2.35. The fraction of sp³-hybridized carbons (Fsp3) is 0.385. The van der Waals surface area contributed by atoms with E-state index in [4.69, 9.17) is 21.1 Å². The summed E-state index contributed by atoms with van der Waals surface area (Å²) in [6.45, 7) is 3.42. The van der Waals surface area contributed by atoms with E-state index in [1.807, 2.05) is 0 Å². The van der Waals surface area contributed by atoms with Crippen LogP contribution in [0.5, 0.6) is 5.75 Å². The standard InChI is InChI=1S/C13H14ClFO4/c1-3-8(12(16)18-4-2)13(17)19-11-9(14)6-5-7-10(11)15/h5-8H,3-4H2,1-2H3. The number of hydrogen-bond acceptors (Lipinski definition) is 4. The van der Waals surface area contributed by atoms with E-state index in [1.54, 1.807) is 13.8 Å². The average molecular weight is 289 g/mol. The van der Waals surface area contributed by atoms with Crippen molar-refractivity contribution in [3.05, 3.63) is 29.0 Å². The molecule has 0 saturated heterocycles. The summed E-state index contributed by atoms with van der Waals surface area (Å²) in [6.07, 6.45) is 0.198. The first-order chi connectivity index (χ1) is 9.01. The molecule has 0 aromatic heterocycles. The highest BCUT2D eigenvalue weighted by Gasteiger charge is 2.29. The van der Waals surface area contributed by atoms with E-state index >= 15 is 0 Å². The summed E-state index contributed by atoms with van der Waals surface area (Å²) in [6, 6.07) is 3.88. The maximum absolute atomic E-state index is 13.4. The van der Waals surface area contributed by atoms with E-state index in [2.05, 4.69) is 0 Å². The van der Waals surface area contributed by atoms with Crippen LogP contribution in [0.2, 0.25) is 5.02 Å². The van der Waals surface area contributed by atoms with Crippen LogP contribution in [0, 0.1) is 11.7 Å². The minimum Gasteiger partial charge on any atom is -0.465 e. The Morgan fingerprint density at radius 1 is 1.32 bits per heavy atom. The summed E-state index contributed by atoms with van der Waals surface area (Å²) in [7, 11) is 0. The van der Waals surface area contributed by atoms with Crippen molar-refractivity contribution in [2.75, 3.05) is 6.61 Å². The van der Waals surface area contributed by atoms with Crippen LogP contribution >= 0.6 is 11.6 Å². The van der Waals surface area contributed by atoms with Crippen molar-refractivity contribution in [3.8, 4) is 5.75 Å². The molecule has 0 bridgehead atoms. The number of carbonyl (C=O) groups excluding carboxylic acids is 2. The smallest absolute Gasteiger partial charge is 0.325 e. The van der Waals surface area contributed by atoms with Gasteiger partial charge in [0.1, 0.15) is 0 Å². The minimum atomic E-state index is -1.09. The van der Waals surface area contributed by atoms with Gasteiger partial charge in [-0.2, -0.15) is 0 Å². The van der Waals surface area contributed by atoms with Gasteiger partial charge in [0.2, 0.25) is 0 Å². The van der Waals surface area contributed by atoms with Crippen molar-refractivity contribution in [1.29, 1.82) is 0 Å². The lowest BCUT2D eigenvalue weighted by molar-refractivity contribution is -0.157. The number of rotatable bonds is 5. The number of halogens is 2. The molecule has 1 aromatic rings. The summed E-state index contributed by atoms with van der Waals surface area (Å²) in [5.41, 5.74) is 0. The molecule has 1 aromatic carbocycles. The van der Waals surface area contributed by atoms with E-state index in [-0.39, 0.29) is 23.8 Å². The third-order valence-electron chi connectivity index (χ3n) is 2.39.